The minimum Gasteiger partial charge on any atom is -0.381 e. The average molecular weight is 230 g/mol. The van der Waals surface area contributed by atoms with Crippen molar-refractivity contribution in [1.29, 1.82) is 5.26 Å². The molecule has 5 heteroatoms. The molecule has 0 unspecified atom stereocenters. The van der Waals surface area contributed by atoms with Crippen LogP contribution in [-0.2, 0) is 0 Å². The summed E-state index contributed by atoms with van der Waals surface area (Å²) in [6.45, 7) is 0. The predicted octanol–water partition coefficient (Wildman–Crippen LogP) is 2.05. The number of hydrogen-bond acceptors (Lipinski definition) is 4. The Morgan fingerprint density at radius 1 is 1.38 bits per heavy atom. The van der Waals surface area contributed by atoms with Gasteiger partial charge in [0.25, 0.3) is 0 Å². The summed E-state index contributed by atoms with van der Waals surface area (Å²) in [5.74, 6) is 0.274. The molecule has 0 aliphatic heterocycles. The molecule has 0 saturated carbocycles. The molecule has 0 aliphatic carbocycles. The topological polar surface area (TPSA) is 67.6 Å². The zero-order valence-electron chi connectivity index (χ0n) is 8.71. The molecule has 0 bridgehead atoms. The van der Waals surface area contributed by atoms with Gasteiger partial charge in [-0.15, -0.1) is 16.9 Å². The molecule has 80 valence electrons. The van der Waals surface area contributed by atoms with Crippen molar-refractivity contribution in [2.45, 2.75) is 5.03 Å². The van der Waals surface area contributed by atoms with Gasteiger partial charge in [0.2, 0.25) is 0 Å². The van der Waals surface area contributed by atoms with E-state index in [-0.39, 0.29) is 5.82 Å². The maximum Gasteiger partial charge on any atom is 0.165 e. The number of para-hydroxylation sites is 1. The lowest BCUT2D eigenvalue weighted by Gasteiger charge is -2.04. The molecule has 2 N–H and O–H groups in total. The summed E-state index contributed by atoms with van der Waals surface area (Å²) >= 11 is 1.46. The number of aromatic nitrogens is 2. The van der Waals surface area contributed by atoms with Crippen LogP contribution in [0.1, 0.15) is 5.56 Å². The van der Waals surface area contributed by atoms with Crippen LogP contribution in [0.4, 0.5) is 5.82 Å². The monoisotopic (exact) mass is 230 g/mol. The lowest BCUT2D eigenvalue weighted by atomic mass is 10.3. The first-order chi connectivity index (χ1) is 7.77. The molecule has 0 fully saturated rings. The summed E-state index contributed by atoms with van der Waals surface area (Å²) in [6, 6.07) is 11.7. The zero-order valence-corrected chi connectivity index (χ0v) is 9.53. The van der Waals surface area contributed by atoms with Crippen molar-refractivity contribution in [3.05, 3.63) is 35.9 Å². The first kappa shape index (κ1) is 10.6. The fraction of sp³-hybridized carbons (Fsp3) is 0.0909. The van der Waals surface area contributed by atoms with Crippen LogP contribution in [-0.4, -0.2) is 16.0 Å². The second-order valence-electron chi connectivity index (χ2n) is 3.13. The number of nitrogen functional groups attached to an aromatic ring is 1. The number of hydrogen-bond donors (Lipinski definition) is 1. The van der Waals surface area contributed by atoms with Crippen molar-refractivity contribution < 1.29 is 0 Å². The predicted molar refractivity (Wildman–Crippen MR) is 64.5 cm³/mol. The second-order valence-corrected chi connectivity index (χ2v) is 3.92. The minimum absolute atomic E-state index is 0.274. The number of benzene rings is 1. The molecule has 0 atom stereocenters. The Labute approximate surface area is 97.7 Å². The van der Waals surface area contributed by atoms with Gasteiger partial charge in [-0.3, -0.25) is 0 Å². The first-order valence-electron chi connectivity index (χ1n) is 4.66. The van der Waals surface area contributed by atoms with E-state index in [2.05, 4.69) is 11.2 Å². The molecule has 0 amide bonds. The van der Waals surface area contributed by atoms with E-state index in [4.69, 9.17) is 11.0 Å². The molecule has 1 aromatic heterocycles. The molecular formula is C11H10N4S. The Bertz CT molecular complexity index is 539. The van der Waals surface area contributed by atoms with E-state index in [0.29, 0.717) is 5.56 Å². The van der Waals surface area contributed by atoms with E-state index >= 15 is 0 Å². The Morgan fingerprint density at radius 2 is 2.06 bits per heavy atom. The molecule has 2 aromatic rings. The number of anilines is 1. The third-order valence-electron chi connectivity index (χ3n) is 2.18. The van der Waals surface area contributed by atoms with Crippen molar-refractivity contribution in [3.63, 3.8) is 0 Å². The third kappa shape index (κ3) is 1.64. The molecule has 0 saturated heterocycles. The number of nitrogens with two attached hydrogens (primary N) is 1. The molecule has 2 rings (SSSR count). The molecule has 0 aliphatic rings. The second kappa shape index (κ2) is 4.29. The normalized spacial score (nSPS) is 10.0. The van der Waals surface area contributed by atoms with Crippen LogP contribution in [0.15, 0.2) is 35.4 Å². The number of nitriles is 1. The fourth-order valence-electron chi connectivity index (χ4n) is 1.46. The van der Waals surface area contributed by atoms with Crippen molar-refractivity contribution in [2.24, 2.45) is 0 Å². The van der Waals surface area contributed by atoms with Gasteiger partial charge in [0.1, 0.15) is 16.7 Å². The Kier molecular flexibility index (Phi) is 2.84. The van der Waals surface area contributed by atoms with Gasteiger partial charge in [-0.1, -0.05) is 18.2 Å². The summed E-state index contributed by atoms with van der Waals surface area (Å²) in [7, 11) is 0. The van der Waals surface area contributed by atoms with Crippen LogP contribution >= 0.6 is 11.8 Å². The van der Waals surface area contributed by atoms with Crippen LogP contribution < -0.4 is 5.73 Å². The van der Waals surface area contributed by atoms with Gasteiger partial charge in [0, 0.05) is 0 Å². The summed E-state index contributed by atoms with van der Waals surface area (Å²) in [5, 5.41) is 13.9. The number of thioether (sulfide) groups is 1. The minimum atomic E-state index is 0.274. The van der Waals surface area contributed by atoms with E-state index in [1.807, 2.05) is 36.6 Å². The smallest absolute Gasteiger partial charge is 0.165 e. The van der Waals surface area contributed by atoms with Crippen LogP contribution in [0, 0.1) is 11.3 Å². The van der Waals surface area contributed by atoms with Crippen molar-refractivity contribution in [2.75, 3.05) is 12.0 Å². The maximum atomic E-state index is 8.99. The Hall–Kier alpha value is -1.93. The number of rotatable bonds is 2. The molecule has 16 heavy (non-hydrogen) atoms. The van der Waals surface area contributed by atoms with E-state index in [9.17, 15) is 0 Å². The standard InChI is InChI=1S/C11H10N4S/c1-16-11-9(7-12)10(13)14-15(11)8-5-3-2-4-6-8/h2-6H,1H3,(H2,13,14). The SMILES string of the molecule is CSc1c(C#N)c(N)nn1-c1ccccc1. The van der Waals surface area contributed by atoms with Gasteiger partial charge in [0.15, 0.2) is 5.82 Å². The van der Waals surface area contributed by atoms with Crippen LogP contribution in [0.25, 0.3) is 5.69 Å². The zero-order chi connectivity index (χ0) is 11.5. The van der Waals surface area contributed by atoms with Crippen molar-refractivity contribution >= 4 is 17.6 Å². The highest BCUT2D eigenvalue weighted by molar-refractivity contribution is 7.98. The highest BCUT2D eigenvalue weighted by Gasteiger charge is 2.15. The van der Waals surface area contributed by atoms with Crippen molar-refractivity contribution in [1.82, 2.24) is 9.78 Å². The van der Waals surface area contributed by atoms with Crippen LogP contribution in [0.2, 0.25) is 0 Å². The first-order valence-corrected chi connectivity index (χ1v) is 5.88. The fourth-order valence-corrected chi connectivity index (χ4v) is 2.13. The van der Waals surface area contributed by atoms with Gasteiger partial charge in [-0.05, 0) is 18.4 Å². The quantitative estimate of drug-likeness (QED) is 0.802. The average Bonchev–Trinajstić information content (AvgIpc) is 2.66. The third-order valence-corrected chi connectivity index (χ3v) is 2.94. The van der Waals surface area contributed by atoms with Crippen molar-refractivity contribution in [3.8, 4) is 11.8 Å². The lowest BCUT2D eigenvalue weighted by Crippen LogP contribution is -1.98. The summed E-state index contributed by atoms with van der Waals surface area (Å²) in [5.41, 5.74) is 7.04. The molecule has 4 nitrogen and oxygen atoms in total. The van der Waals surface area contributed by atoms with E-state index in [1.54, 1.807) is 4.68 Å². The highest BCUT2D eigenvalue weighted by Crippen LogP contribution is 2.27. The molecule has 0 radical (unpaired) electrons. The largest absolute Gasteiger partial charge is 0.381 e. The summed E-state index contributed by atoms with van der Waals surface area (Å²) < 4.78 is 1.69. The van der Waals surface area contributed by atoms with E-state index < -0.39 is 0 Å². The Balaban J connectivity index is 2.63. The van der Waals surface area contributed by atoms with Crippen LogP contribution in [0.5, 0.6) is 0 Å². The van der Waals surface area contributed by atoms with Gasteiger partial charge in [-0.2, -0.15) is 5.26 Å². The molecular weight excluding hydrogens is 220 g/mol. The Morgan fingerprint density at radius 3 is 2.62 bits per heavy atom. The van der Waals surface area contributed by atoms with Crippen LogP contribution in [0.3, 0.4) is 0 Å². The number of nitrogens with zero attached hydrogens (tertiary/aromatic N) is 3. The van der Waals surface area contributed by atoms with Gasteiger partial charge < -0.3 is 5.73 Å². The van der Waals surface area contributed by atoms with E-state index in [1.165, 1.54) is 11.8 Å². The van der Waals surface area contributed by atoms with Gasteiger partial charge in [0.05, 0.1) is 5.69 Å². The summed E-state index contributed by atoms with van der Waals surface area (Å²) in [6.07, 6.45) is 1.90. The summed E-state index contributed by atoms with van der Waals surface area (Å²) in [4.78, 5) is 0. The maximum absolute atomic E-state index is 8.99. The molecule has 0 spiro atoms. The highest BCUT2D eigenvalue weighted by atomic mass is 32.2. The van der Waals surface area contributed by atoms with Gasteiger partial charge in [-0.25, -0.2) is 4.68 Å². The molecule has 1 heterocycles. The van der Waals surface area contributed by atoms with E-state index in [0.717, 1.165) is 10.7 Å². The molecule has 1 aromatic carbocycles. The lowest BCUT2D eigenvalue weighted by molar-refractivity contribution is 0.806. The van der Waals surface area contributed by atoms with Gasteiger partial charge >= 0.3 is 0 Å².